The lowest BCUT2D eigenvalue weighted by Gasteiger charge is -2.38. The highest BCUT2D eigenvalue weighted by Crippen LogP contribution is 2.27. The molecule has 0 bridgehead atoms. The van der Waals surface area contributed by atoms with Crippen LogP contribution in [0.4, 0.5) is 25.0 Å². The van der Waals surface area contributed by atoms with E-state index in [4.69, 9.17) is 22.1 Å². The quantitative estimate of drug-likeness (QED) is 0.214. The van der Waals surface area contributed by atoms with Crippen molar-refractivity contribution in [2.24, 2.45) is 5.73 Å². The zero-order valence-electron chi connectivity index (χ0n) is 24.9. The second-order valence-electron chi connectivity index (χ2n) is 10.8. The van der Waals surface area contributed by atoms with Crippen LogP contribution < -0.4 is 20.5 Å². The monoisotopic (exact) mass is 664 g/mol. The van der Waals surface area contributed by atoms with Crippen LogP contribution in [0.15, 0.2) is 48.5 Å². The molecule has 2 heterocycles. The fourth-order valence-electron chi connectivity index (χ4n) is 4.98. The average molecular weight is 665 g/mol. The van der Waals surface area contributed by atoms with Crippen molar-refractivity contribution >= 4 is 44.9 Å². The molecular weight excluding hydrogens is 630 g/mol. The van der Waals surface area contributed by atoms with E-state index in [1.807, 2.05) is 13.0 Å². The Morgan fingerprint density at radius 2 is 1.80 bits per heavy atom. The van der Waals surface area contributed by atoms with Crippen molar-refractivity contribution in [3.63, 3.8) is 0 Å². The summed E-state index contributed by atoms with van der Waals surface area (Å²) in [6.45, 7) is 4.31. The molecule has 0 spiro atoms. The maximum atomic E-state index is 14.4. The van der Waals surface area contributed by atoms with Crippen molar-refractivity contribution in [1.82, 2.24) is 14.8 Å². The molecule has 3 amide bonds. The molecule has 4 rings (SSSR count). The lowest BCUT2D eigenvalue weighted by Crippen LogP contribution is -2.49. The third-order valence-electron chi connectivity index (χ3n) is 7.25. The molecule has 1 aliphatic rings. The van der Waals surface area contributed by atoms with Gasteiger partial charge in [0.25, 0.3) is 5.91 Å². The predicted octanol–water partition coefficient (Wildman–Crippen LogP) is 5.57. The summed E-state index contributed by atoms with van der Waals surface area (Å²) in [5.74, 6) is -2.42. The highest BCUT2D eigenvalue weighted by atomic mass is 35.5. The van der Waals surface area contributed by atoms with Gasteiger partial charge in [0.1, 0.15) is 22.5 Å². The summed E-state index contributed by atoms with van der Waals surface area (Å²) in [6.07, 6.45) is 3.97. The molecule has 0 aliphatic carbocycles. The molecule has 0 unspecified atom stereocenters. The minimum absolute atomic E-state index is 0.115. The standard InChI is InChI=1S/C30H35ClF2N6O5S/c1-3-4-13-39(30(41)35-26-16-23(29(34)40)24(32)17-25(26)33)21-11-14-38(15-12-21)18-19-5-10-27(36-28(19)31)44-22-8-6-20(7-9-22)37-45(2,42)43/h5-10,16-17,21,37H,3-4,11-15,18H2,1-2H3,(H2,34,40)(H,35,41). The summed E-state index contributed by atoms with van der Waals surface area (Å²) in [7, 11) is -3.39. The molecule has 11 nitrogen and oxygen atoms in total. The molecule has 15 heteroatoms. The van der Waals surface area contributed by atoms with Gasteiger partial charge < -0.3 is 20.7 Å². The Balaban J connectivity index is 1.35. The third-order valence-corrected chi connectivity index (χ3v) is 8.18. The van der Waals surface area contributed by atoms with Gasteiger partial charge >= 0.3 is 6.03 Å². The van der Waals surface area contributed by atoms with Crippen molar-refractivity contribution in [1.29, 1.82) is 0 Å². The number of sulfonamides is 1. The number of nitrogens with one attached hydrogen (secondary N) is 2. The number of nitrogens with zero attached hydrogens (tertiary/aromatic N) is 3. The number of likely N-dealkylation sites (tertiary alicyclic amines) is 1. The Kier molecular flexibility index (Phi) is 11.2. The lowest BCUT2D eigenvalue weighted by molar-refractivity contribution is 0.0996. The topological polar surface area (TPSA) is 147 Å². The Morgan fingerprint density at radius 3 is 2.40 bits per heavy atom. The molecule has 1 fully saturated rings. The first kappa shape index (κ1) is 33.9. The highest BCUT2D eigenvalue weighted by molar-refractivity contribution is 7.92. The van der Waals surface area contributed by atoms with Crippen LogP contribution in [0, 0.1) is 11.6 Å². The minimum atomic E-state index is -3.39. The SMILES string of the molecule is CCCCN(C(=O)Nc1cc(C(N)=O)c(F)cc1F)C1CCN(Cc2ccc(Oc3ccc(NS(C)(=O)=O)cc3)nc2Cl)CC1. The van der Waals surface area contributed by atoms with Crippen LogP contribution >= 0.6 is 11.6 Å². The summed E-state index contributed by atoms with van der Waals surface area (Å²) in [4.78, 5) is 33.0. The van der Waals surface area contributed by atoms with Gasteiger partial charge in [-0.2, -0.15) is 0 Å². The second-order valence-corrected chi connectivity index (χ2v) is 12.9. The summed E-state index contributed by atoms with van der Waals surface area (Å²) in [6, 6.07) is 10.7. The number of amides is 3. The van der Waals surface area contributed by atoms with Crippen LogP contribution in [0.5, 0.6) is 11.6 Å². The molecule has 0 saturated carbocycles. The van der Waals surface area contributed by atoms with Crippen molar-refractivity contribution in [2.75, 3.05) is 35.9 Å². The molecule has 45 heavy (non-hydrogen) atoms. The number of nitrogens with two attached hydrogens (primary N) is 1. The number of urea groups is 1. The largest absolute Gasteiger partial charge is 0.439 e. The molecule has 4 N–H and O–H groups in total. The number of ether oxygens (including phenoxy) is 1. The lowest BCUT2D eigenvalue weighted by atomic mass is 10.0. The summed E-state index contributed by atoms with van der Waals surface area (Å²) < 4.78 is 59.3. The molecule has 0 atom stereocenters. The van der Waals surface area contributed by atoms with Crippen molar-refractivity contribution in [3.05, 3.63) is 76.4 Å². The van der Waals surface area contributed by atoms with E-state index in [1.54, 1.807) is 35.2 Å². The van der Waals surface area contributed by atoms with Crippen LogP contribution in [0.2, 0.25) is 5.15 Å². The van der Waals surface area contributed by atoms with E-state index in [1.165, 1.54) is 0 Å². The first-order valence-electron chi connectivity index (χ1n) is 14.3. The number of aromatic nitrogens is 1. The Bertz CT molecular complexity index is 1640. The van der Waals surface area contributed by atoms with Gasteiger partial charge in [-0.1, -0.05) is 24.9 Å². The van der Waals surface area contributed by atoms with Gasteiger partial charge in [0.15, 0.2) is 0 Å². The fraction of sp³-hybridized carbons (Fsp3) is 0.367. The fourth-order valence-corrected chi connectivity index (χ4v) is 5.75. The molecule has 0 radical (unpaired) electrons. The van der Waals surface area contributed by atoms with E-state index in [2.05, 4.69) is 19.9 Å². The van der Waals surface area contributed by atoms with Crippen LogP contribution in [-0.4, -0.2) is 67.1 Å². The molecule has 242 valence electrons. The van der Waals surface area contributed by atoms with E-state index in [9.17, 15) is 26.8 Å². The van der Waals surface area contributed by atoms with Gasteiger partial charge in [-0.15, -0.1) is 0 Å². The number of unbranched alkanes of at least 4 members (excludes halogenated alkanes) is 1. The molecule has 1 aromatic heterocycles. The highest BCUT2D eigenvalue weighted by Gasteiger charge is 2.29. The smallest absolute Gasteiger partial charge is 0.322 e. The minimum Gasteiger partial charge on any atom is -0.439 e. The van der Waals surface area contributed by atoms with Crippen LogP contribution in [-0.2, 0) is 16.6 Å². The number of pyridine rings is 1. The Morgan fingerprint density at radius 1 is 1.11 bits per heavy atom. The summed E-state index contributed by atoms with van der Waals surface area (Å²) >= 11 is 6.48. The zero-order valence-corrected chi connectivity index (χ0v) is 26.4. The first-order valence-corrected chi connectivity index (χ1v) is 16.6. The van der Waals surface area contributed by atoms with Gasteiger partial charge in [0.2, 0.25) is 15.9 Å². The number of primary amides is 1. The van der Waals surface area contributed by atoms with Crippen molar-refractivity contribution < 1.29 is 31.5 Å². The van der Waals surface area contributed by atoms with Gasteiger partial charge in [0, 0.05) is 55.6 Å². The van der Waals surface area contributed by atoms with E-state index in [0.29, 0.717) is 56.5 Å². The van der Waals surface area contributed by atoms with Gasteiger partial charge in [0.05, 0.1) is 17.5 Å². The number of anilines is 2. The maximum Gasteiger partial charge on any atom is 0.322 e. The van der Waals surface area contributed by atoms with E-state index >= 15 is 0 Å². The zero-order chi connectivity index (χ0) is 32.7. The second kappa shape index (κ2) is 14.8. The van der Waals surface area contributed by atoms with Crippen LogP contribution in [0.25, 0.3) is 0 Å². The maximum absolute atomic E-state index is 14.4. The normalized spacial score (nSPS) is 14.2. The summed E-state index contributed by atoms with van der Waals surface area (Å²) in [5.41, 5.74) is 5.56. The molecule has 3 aromatic rings. The molecule has 1 aliphatic heterocycles. The van der Waals surface area contributed by atoms with Gasteiger partial charge in [-0.25, -0.2) is 27.0 Å². The molecule has 2 aromatic carbocycles. The predicted molar refractivity (Wildman–Crippen MR) is 168 cm³/mol. The Labute approximate surface area is 265 Å². The number of hydrogen-bond acceptors (Lipinski definition) is 7. The number of benzene rings is 2. The number of piperidine rings is 1. The number of halogens is 3. The van der Waals surface area contributed by atoms with E-state index < -0.39 is 39.2 Å². The van der Waals surface area contributed by atoms with Crippen LogP contribution in [0.1, 0.15) is 48.5 Å². The first-order chi connectivity index (χ1) is 21.3. The number of hydrogen-bond donors (Lipinski definition) is 3. The third kappa shape index (κ3) is 9.49. The van der Waals surface area contributed by atoms with E-state index in [0.717, 1.165) is 30.7 Å². The Hall–Kier alpha value is -4.01. The number of carbonyl (C=O) groups excluding carboxylic acids is 2. The van der Waals surface area contributed by atoms with Crippen LogP contribution in [0.3, 0.4) is 0 Å². The molecular formula is C30H35ClF2N6O5S. The van der Waals surface area contributed by atoms with E-state index in [-0.39, 0.29) is 22.8 Å². The number of rotatable bonds is 12. The molecule has 1 saturated heterocycles. The van der Waals surface area contributed by atoms with Gasteiger partial charge in [-0.3, -0.25) is 14.4 Å². The van der Waals surface area contributed by atoms with Crippen molar-refractivity contribution in [3.8, 4) is 11.6 Å². The number of carbonyl (C=O) groups is 2. The van der Waals surface area contributed by atoms with Gasteiger partial charge in [-0.05, 0) is 55.7 Å². The average Bonchev–Trinajstić information content (AvgIpc) is 2.97. The van der Waals surface area contributed by atoms with Crippen molar-refractivity contribution in [2.45, 2.75) is 45.2 Å². The summed E-state index contributed by atoms with van der Waals surface area (Å²) in [5, 5.41) is 2.77.